The molecule has 1 aromatic heterocycles. The van der Waals surface area contributed by atoms with E-state index in [-0.39, 0.29) is 0 Å². The largest absolute Gasteiger partial charge is 0.380 e. The molecular formula is C15H19ClN2O. The van der Waals surface area contributed by atoms with Crippen molar-refractivity contribution in [2.24, 2.45) is 0 Å². The minimum atomic E-state index is 0.361. The van der Waals surface area contributed by atoms with Crippen molar-refractivity contribution in [1.29, 1.82) is 0 Å². The Balaban J connectivity index is 1.71. The molecule has 3 nitrogen and oxygen atoms in total. The lowest BCUT2D eigenvalue weighted by atomic mass is 10.1. The lowest BCUT2D eigenvalue weighted by molar-refractivity contribution is 0.0847. The lowest BCUT2D eigenvalue weighted by Crippen LogP contribution is -2.36. The summed E-state index contributed by atoms with van der Waals surface area (Å²) in [6.45, 7) is 0.867. The van der Waals surface area contributed by atoms with Crippen LogP contribution in [0.5, 0.6) is 0 Å². The van der Waals surface area contributed by atoms with Gasteiger partial charge in [-0.05, 0) is 37.0 Å². The molecule has 2 unspecified atom stereocenters. The Morgan fingerprint density at radius 1 is 1.42 bits per heavy atom. The monoisotopic (exact) mass is 278 g/mol. The first-order valence-corrected chi connectivity index (χ1v) is 7.17. The highest BCUT2D eigenvalue weighted by Crippen LogP contribution is 2.24. The van der Waals surface area contributed by atoms with E-state index < -0.39 is 0 Å². The highest BCUT2D eigenvalue weighted by atomic mass is 35.5. The van der Waals surface area contributed by atoms with Gasteiger partial charge < -0.3 is 15.0 Å². The first-order valence-electron chi connectivity index (χ1n) is 6.79. The summed E-state index contributed by atoms with van der Waals surface area (Å²) in [6, 6.07) is 6.46. The molecule has 0 radical (unpaired) electrons. The highest BCUT2D eigenvalue weighted by Gasteiger charge is 2.26. The molecule has 0 spiro atoms. The van der Waals surface area contributed by atoms with Crippen molar-refractivity contribution in [2.45, 2.75) is 38.0 Å². The number of nitrogens with one attached hydrogen (secondary N) is 2. The zero-order chi connectivity index (χ0) is 13.2. The van der Waals surface area contributed by atoms with Gasteiger partial charge in [-0.2, -0.15) is 0 Å². The molecule has 1 heterocycles. The number of hydrogen-bond donors (Lipinski definition) is 2. The molecule has 2 atom stereocenters. The second kappa shape index (κ2) is 5.53. The molecule has 3 rings (SSSR count). The van der Waals surface area contributed by atoms with Crippen LogP contribution in [0.2, 0.25) is 5.02 Å². The molecule has 1 aliphatic carbocycles. The van der Waals surface area contributed by atoms with E-state index in [1.165, 1.54) is 23.8 Å². The zero-order valence-electron chi connectivity index (χ0n) is 11.1. The van der Waals surface area contributed by atoms with Crippen LogP contribution >= 0.6 is 11.6 Å². The SMILES string of the molecule is COC1CCCC1NCc1c[nH]c2cc(Cl)ccc12. The second-order valence-electron chi connectivity index (χ2n) is 5.20. The van der Waals surface area contributed by atoms with Gasteiger partial charge in [-0.3, -0.25) is 0 Å². The Morgan fingerprint density at radius 2 is 2.32 bits per heavy atom. The van der Waals surface area contributed by atoms with Crippen LogP contribution in [0.15, 0.2) is 24.4 Å². The number of aromatic amines is 1. The van der Waals surface area contributed by atoms with E-state index in [0.29, 0.717) is 12.1 Å². The molecule has 0 saturated heterocycles. The van der Waals surface area contributed by atoms with E-state index in [1.54, 1.807) is 7.11 Å². The Labute approximate surface area is 118 Å². The summed E-state index contributed by atoms with van der Waals surface area (Å²) in [5.74, 6) is 0. The number of rotatable bonds is 4. The van der Waals surface area contributed by atoms with Crippen LogP contribution in [0, 0.1) is 0 Å². The fraction of sp³-hybridized carbons (Fsp3) is 0.467. The predicted molar refractivity (Wildman–Crippen MR) is 78.6 cm³/mol. The molecule has 4 heteroatoms. The van der Waals surface area contributed by atoms with Crippen LogP contribution in [-0.2, 0) is 11.3 Å². The summed E-state index contributed by atoms with van der Waals surface area (Å²) in [4.78, 5) is 3.27. The molecule has 2 aromatic rings. The maximum atomic E-state index is 5.99. The minimum Gasteiger partial charge on any atom is -0.380 e. The van der Waals surface area contributed by atoms with Crippen molar-refractivity contribution in [3.8, 4) is 0 Å². The van der Waals surface area contributed by atoms with E-state index in [9.17, 15) is 0 Å². The van der Waals surface area contributed by atoms with Crippen LogP contribution in [-0.4, -0.2) is 24.2 Å². The normalized spacial score (nSPS) is 23.3. The third kappa shape index (κ3) is 2.64. The van der Waals surface area contributed by atoms with Gasteiger partial charge in [0.1, 0.15) is 0 Å². The predicted octanol–water partition coefficient (Wildman–Crippen LogP) is 3.48. The summed E-state index contributed by atoms with van der Waals surface area (Å²) in [5.41, 5.74) is 2.38. The molecule has 2 N–H and O–H groups in total. The molecule has 19 heavy (non-hydrogen) atoms. The lowest BCUT2D eigenvalue weighted by Gasteiger charge is -2.19. The first kappa shape index (κ1) is 13.0. The zero-order valence-corrected chi connectivity index (χ0v) is 11.8. The smallest absolute Gasteiger partial charge is 0.0724 e. The number of ether oxygens (including phenoxy) is 1. The van der Waals surface area contributed by atoms with Gasteiger partial charge in [0.15, 0.2) is 0 Å². The Morgan fingerprint density at radius 3 is 3.16 bits per heavy atom. The Hall–Kier alpha value is -1.03. The van der Waals surface area contributed by atoms with Gasteiger partial charge >= 0.3 is 0 Å². The van der Waals surface area contributed by atoms with Crippen LogP contribution in [0.4, 0.5) is 0 Å². The Kier molecular flexibility index (Phi) is 3.78. The summed E-state index contributed by atoms with van der Waals surface area (Å²) >= 11 is 5.99. The van der Waals surface area contributed by atoms with Gasteiger partial charge in [0.25, 0.3) is 0 Å². The van der Waals surface area contributed by atoms with Gasteiger partial charge in [0.2, 0.25) is 0 Å². The van der Waals surface area contributed by atoms with Gasteiger partial charge in [0, 0.05) is 41.8 Å². The third-order valence-electron chi connectivity index (χ3n) is 4.04. The Bertz CT molecular complexity index is 566. The fourth-order valence-electron chi connectivity index (χ4n) is 2.99. The molecule has 1 fully saturated rings. The maximum Gasteiger partial charge on any atom is 0.0724 e. The van der Waals surface area contributed by atoms with Crippen LogP contribution in [0.25, 0.3) is 10.9 Å². The van der Waals surface area contributed by atoms with Crippen molar-refractivity contribution in [1.82, 2.24) is 10.3 Å². The van der Waals surface area contributed by atoms with Crippen molar-refractivity contribution in [3.63, 3.8) is 0 Å². The summed E-state index contributed by atoms with van der Waals surface area (Å²) in [7, 11) is 1.80. The van der Waals surface area contributed by atoms with E-state index in [4.69, 9.17) is 16.3 Å². The van der Waals surface area contributed by atoms with Crippen molar-refractivity contribution < 1.29 is 4.74 Å². The van der Waals surface area contributed by atoms with E-state index >= 15 is 0 Å². The second-order valence-corrected chi connectivity index (χ2v) is 5.63. The molecule has 1 aromatic carbocycles. The molecule has 1 aliphatic rings. The summed E-state index contributed by atoms with van der Waals surface area (Å²) in [5, 5.41) is 5.62. The number of methoxy groups -OCH3 is 1. The van der Waals surface area contributed by atoms with E-state index in [1.807, 2.05) is 12.1 Å². The number of benzene rings is 1. The van der Waals surface area contributed by atoms with E-state index in [0.717, 1.165) is 23.5 Å². The first-order chi connectivity index (χ1) is 9.28. The molecular weight excluding hydrogens is 260 g/mol. The topological polar surface area (TPSA) is 37.0 Å². The van der Waals surface area contributed by atoms with Crippen LogP contribution < -0.4 is 5.32 Å². The van der Waals surface area contributed by atoms with Crippen LogP contribution in [0.1, 0.15) is 24.8 Å². The third-order valence-corrected chi connectivity index (χ3v) is 4.27. The maximum absolute atomic E-state index is 5.99. The average Bonchev–Trinajstić information content (AvgIpc) is 3.01. The summed E-state index contributed by atoms with van der Waals surface area (Å²) < 4.78 is 5.51. The standard InChI is InChI=1S/C15H19ClN2O/c1-19-15-4-2-3-13(15)17-8-10-9-18-14-7-11(16)5-6-12(10)14/h5-7,9,13,15,17-18H,2-4,8H2,1H3. The fourth-order valence-corrected chi connectivity index (χ4v) is 3.16. The molecule has 0 aliphatic heterocycles. The minimum absolute atomic E-state index is 0.361. The van der Waals surface area contributed by atoms with Gasteiger partial charge in [-0.1, -0.05) is 17.7 Å². The highest BCUT2D eigenvalue weighted by molar-refractivity contribution is 6.31. The molecule has 0 amide bonds. The van der Waals surface area contributed by atoms with Gasteiger partial charge in [0.05, 0.1) is 6.10 Å². The van der Waals surface area contributed by atoms with Crippen molar-refractivity contribution >= 4 is 22.5 Å². The van der Waals surface area contributed by atoms with Gasteiger partial charge in [-0.15, -0.1) is 0 Å². The molecule has 1 saturated carbocycles. The van der Waals surface area contributed by atoms with Crippen molar-refractivity contribution in [3.05, 3.63) is 35.0 Å². The summed E-state index contributed by atoms with van der Waals surface area (Å²) in [6.07, 6.45) is 6.04. The number of H-pyrrole nitrogens is 1. The van der Waals surface area contributed by atoms with Gasteiger partial charge in [-0.25, -0.2) is 0 Å². The van der Waals surface area contributed by atoms with E-state index in [2.05, 4.69) is 22.6 Å². The van der Waals surface area contributed by atoms with Crippen LogP contribution in [0.3, 0.4) is 0 Å². The van der Waals surface area contributed by atoms with Crippen molar-refractivity contribution in [2.75, 3.05) is 7.11 Å². The average molecular weight is 279 g/mol. The molecule has 0 bridgehead atoms. The quantitative estimate of drug-likeness (QED) is 0.898. The number of hydrogen-bond acceptors (Lipinski definition) is 2. The number of aromatic nitrogens is 1. The number of halogens is 1. The number of fused-ring (bicyclic) bond motifs is 1. The molecule has 102 valence electrons.